The summed E-state index contributed by atoms with van der Waals surface area (Å²) in [7, 11) is 0. The number of esters is 1. The number of ether oxygens (including phenoxy) is 1. The zero-order chi connectivity index (χ0) is 24.2. The van der Waals surface area contributed by atoms with Gasteiger partial charge in [0.15, 0.2) is 12.4 Å². The lowest BCUT2D eigenvalue weighted by atomic mass is 9.45. The van der Waals surface area contributed by atoms with Crippen LogP contribution in [0.1, 0.15) is 71.6 Å². The monoisotopic (exact) mass is 461 g/mol. The highest BCUT2D eigenvalue weighted by Crippen LogP contribution is 2.67. The Bertz CT molecular complexity index is 908. The normalized spacial score (nSPS) is 41.9. The number of ketones is 2. The number of fused-ring (bicyclic) bond motifs is 5. The molecule has 0 aliphatic heterocycles. The minimum absolute atomic E-state index is 0.0245. The van der Waals surface area contributed by atoms with Crippen molar-refractivity contribution in [3.63, 3.8) is 0 Å². The molecule has 8 heteroatoms. The number of aliphatic hydroxyl groups excluding tert-OH is 1. The minimum atomic E-state index is -1.72. The lowest BCUT2D eigenvalue weighted by Gasteiger charge is -2.60. The summed E-state index contributed by atoms with van der Waals surface area (Å²) in [5.74, 6) is -2.53. The number of aliphatic hydroxyl groups is 2. The molecular formula is C25H33O8-. The number of hydrogen-bond donors (Lipinski definition) is 2. The summed E-state index contributed by atoms with van der Waals surface area (Å²) in [6.45, 7) is 3.38. The molecule has 3 fully saturated rings. The van der Waals surface area contributed by atoms with Crippen molar-refractivity contribution in [2.75, 3.05) is 6.61 Å². The van der Waals surface area contributed by atoms with Gasteiger partial charge in [0.1, 0.15) is 5.60 Å². The fraction of sp³-hybridized carbons (Fsp3) is 0.760. The molecule has 0 aromatic carbocycles. The van der Waals surface area contributed by atoms with E-state index in [1.165, 1.54) is 0 Å². The molecule has 0 radical (unpaired) electrons. The van der Waals surface area contributed by atoms with Gasteiger partial charge in [-0.3, -0.25) is 14.4 Å². The number of allylic oxidation sites excluding steroid dienone is 1. The van der Waals surface area contributed by atoms with Gasteiger partial charge in [-0.15, -0.1) is 0 Å². The van der Waals surface area contributed by atoms with Crippen molar-refractivity contribution >= 4 is 23.5 Å². The quantitative estimate of drug-likeness (QED) is 0.555. The number of carboxylic acids is 1. The molecule has 4 rings (SSSR count). The first kappa shape index (κ1) is 24.1. The molecule has 182 valence electrons. The van der Waals surface area contributed by atoms with Crippen LogP contribution in [0.2, 0.25) is 0 Å². The zero-order valence-electron chi connectivity index (χ0n) is 19.3. The van der Waals surface area contributed by atoms with Gasteiger partial charge in [-0.25, -0.2) is 0 Å². The van der Waals surface area contributed by atoms with E-state index in [-0.39, 0.29) is 41.8 Å². The lowest BCUT2D eigenvalue weighted by Crippen LogP contribution is -2.62. The van der Waals surface area contributed by atoms with Gasteiger partial charge in [0.05, 0.1) is 12.5 Å². The number of aliphatic carboxylic acids is 1. The van der Waals surface area contributed by atoms with Crippen LogP contribution in [0.4, 0.5) is 0 Å². The maximum absolute atomic E-state index is 13.1. The molecule has 7 atom stereocenters. The summed E-state index contributed by atoms with van der Waals surface area (Å²) >= 11 is 0. The molecule has 0 spiro atoms. The number of Topliss-reactive ketones (excluding diaryl/α,β-unsaturated/α-hetero) is 1. The molecule has 3 saturated carbocycles. The molecule has 33 heavy (non-hydrogen) atoms. The van der Waals surface area contributed by atoms with Crippen molar-refractivity contribution in [2.24, 2.45) is 28.6 Å². The van der Waals surface area contributed by atoms with E-state index in [9.17, 15) is 34.5 Å². The van der Waals surface area contributed by atoms with Crippen LogP contribution in [0.15, 0.2) is 11.6 Å². The smallest absolute Gasteiger partial charge is 0.306 e. The average Bonchev–Trinajstić information content (AvgIpc) is 3.02. The second kappa shape index (κ2) is 8.31. The van der Waals surface area contributed by atoms with Crippen molar-refractivity contribution in [1.82, 2.24) is 0 Å². The van der Waals surface area contributed by atoms with Crippen molar-refractivity contribution in [3.8, 4) is 0 Å². The van der Waals surface area contributed by atoms with E-state index < -0.39 is 54.3 Å². The molecule has 2 N–H and O–H groups in total. The molecular weight excluding hydrogens is 428 g/mol. The van der Waals surface area contributed by atoms with E-state index >= 15 is 0 Å². The van der Waals surface area contributed by atoms with E-state index in [1.807, 2.05) is 6.92 Å². The van der Waals surface area contributed by atoms with Crippen LogP contribution >= 0.6 is 0 Å². The summed E-state index contributed by atoms with van der Waals surface area (Å²) in [4.78, 5) is 47.3. The second-order valence-corrected chi connectivity index (χ2v) is 10.9. The third-order valence-corrected chi connectivity index (χ3v) is 9.41. The van der Waals surface area contributed by atoms with Crippen LogP contribution < -0.4 is 5.11 Å². The molecule has 0 bridgehead atoms. The average molecular weight is 462 g/mol. The molecule has 0 amide bonds. The molecule has 0 saturated heterocycles. The van der Waals surface area contributed by atoms with Gasteiger partial charge in [-0.1, -0.05) is 19.4 Å². The highest BCUT2D eigenvalue weighted by atomic mass is 16.5. The topological polar surface area (TPSA) is 141 Å². The molecule has 8 nitrogen and oxygen atoms in total. The van der Waals surface area contributed by atoms with Crippen LogP contribution in [0.3, 0.4) is 0 Å². The maximum Gasteiger partial charge on any atom is 0.306 e. The predicted molar refractivity (Wildman–Crippen MR) is 113 cm³/mol. The Kier molecular flexibility index (Phi) is 6.06. The number of carboxylic acid groups (broad SMARTS) is 1. The fourth-order valence-corrected chi connectivity index (χ4v) is 7.69. The number of rotatable bonds is 6. The van der Waals surface area contributed by atoms with Crippen LogP contribution in [-0.2, 0) is 23.9 Å². The molecule has 0 aromatic heterocycles. The zero-order valence-corrected chi connectivity index (χ0v) is 19.3. The van der Waals surface area contributed by atoms with Crippen LogP contribution in [0.5, 0.6) is 0 Å². The van der Waals surface area contributed by atoms with E-state index in [2.05, 4.69) is 6.92 Å². The fourth-order valence-electron chi connectivity index (χ4n) is 7.69. The van der Waals surface area contributed by atoms with Gasteiger partial charge < -0.3 is 24.9 Å². The summed E-state index contributed by atoms with van der Waals surface area (Å²) < 4.78 is 4.95. The summed E-state index contributed by atoms with van der Waals surface area (Å²) in [6.07, 6.45) is 4.07. The molecule has 0 aromatic rings. The van der Waals surface area contributed by atoms with Gasteiger partial charge >= 0.3 is 5.97 Å². The largest absolute Gasteiger partial charge is 0.550 e. The van der Waals surface area contributed by atoms with Crippen LogP contribution in [0, 0.1) is 28.6 Å². The first-order valence-corrected chi connectivity index (χ1v) is 12.0. The Morgan fingerprint density at radius 1 is 1.15 bits per heavy atom. The van der Waals surface area contributed by atoms with Gasteiger partial charge in [0.2, 0.25) is 5.78 Å². The Morgan fingerprint density at radius 2 is 1.88 bits per heavy atom. The van der Waals surface area contributed by atoms with Crippen LogP contribution in [-0.4, -0.2) is 52.0 Å². The molecule has 0 heterocycles. The minimum Gasteiger partial charge on any atom is -0.550 e. The summed E-state index contributed by atoms with van der Waals surface area (Å²) in [5, 5.41) is 33.4. The first-order valence-electron chi connectivity index (χ1n) is 12.0. The van der Waals surface area contributed by atoms with Crippen LogP contribution in [0.25, 0.3) is 0 Å². The summed E-state index contributed by atoms with van der Waals surface area (Å²) in [5.41, 5.74) is -1.71. The maximum atomic E-state index is 13.1. The first-order chi connectivity index (χ1) is 15.4. The van der Waals surface area contributed by atoms with Gasteiger partial charge in [-0.2, -0.15) is 0 Å². The van der Waals surface area contributed by atoms with Gasteiger partial charge in [-0.05, 0) is 74.2 Å². The SMILES string of the molecule is C[C@]12CCC(=O)C=C1CC[C@@H]1[C@H]2[C@H](O)C[C@@]2(C)[C@@H]1CC[C@]2(O)C(=O)COC(=O)CCC(=O)[O-]. The molecule has 4 aliphatic carbocycles. The van der Waals surface area contributed by atoms with Gasteiger partial charge in [0.25, 0.3) is 0 Å². The highest BCUT2D eigenvalue weighted by molar-refractivity contribution is 5.92. The van der Waals surface area contributed by atoms with Gasteiger partial charge in [0, 0.05) is 17.8 Å². The van der Waals surface area contributed by atoms with Crippen molar-refractivity contribution in [2.45, 2.75) is 83.3 Å². The van der Waals surface area contributed by atoms with E-state index in [0.717, 1.165) is 18.4 Å². The lowest BCUT2D eigenvalue weighted by molar-refractivity contribution is -0.305. The van der Waals surface area contributed by atoms with E-state index in [4.69, 9.17) is 4.74 Å². The molecule has 4 aliphatic rings. The third-order valence-electron chi connectivity index (χ3n) is 9.41. The Balaban J connectivity index is 1.53. The highest BCUT2D eigenvalue weighted by Gasteiger charge is 2.68. The number of carbonyl (C=O) groups is 4. The second-order valence-electron chi connectivity index (χ2n) is 10.9. The predicted octanol–water partition coefficient (Wildman–Crippen LogP) is 0.863. The van der Waals surface area contributed by atoms with Crippen molar-refractivity contribution in [1.29, 1.82) is 0 Å². The Hall–Kier alpha value is -2.06. The standard InChI is InChI=1S/C25H34O8/c1-23-9-7-15(26)11-14(23)3-4-16-17-8-10-25(32,24(17,2)12-18(27)22(16)23)19(28)13-33-21(31)6-5-20(29)30/h11,16-18,22,27,32H,3-10,12-13H2,1-2H3,(H,29,30)/p-1/t16-,17+,18+,22-,23-,24-,25-/m0/s1. The molecule has 0 unspecified atom stereocenters. The number of hydrogen-bond acceptors (Lipinski definition) is 8. The number of carbonyl (C=O) groups excluding carboxylic acids is 4. The summed E-state index contributed by atoms with van der Waals surface area (Å²) in [6, 6.07) is 0. The van der Waals surface area contributed by atoms with E-state index in [0.29, 0.717) is 19.3 Å². The van der Waals surface area contributed by atoms with Crippen molar-refractivity contribution < 1.29 is 39.2 Å². The third kappa shape index (κ3) is 3.75. The van der Waals surface area contributed by atoms with Crippen molar-refractivity contribution in [3.05, 3.63) is 11.6 Å². The van der Waals surface area contributed by atoms with E-state index in [1.54, 1.807) is 6.08 Å². The Morgan fingerprint density at radius 3 is 2.58 bits per heavy atom. The Labute approximate surface area is 193 Å².